The first-order valence-corrected chi connectivity index (χ1v) is 9.44. The van der Waals surface area contributed by atoms with E-state index < -0.39 is 0 Å². The van der Waals surface area contributed by atoms with Crippen LogP contribution in [0.1, 0.15) is 87.8 Å². The van der Waals surface area contributed by atoms with Gasteiger partial charge in [-0.25, -0.2) is 0 Å². The van der Waals surface area contributed by atoms with Crippen LogP contribution >= 0.6 is 0 Å². The van der Waals surface area contributed by atoms with E-state index in [0.29, 0.717) is 12.4 Å². The smallest absolute Gasteiger partial charge is 0.313 e. The summed E-state index contributed by atoms with van der Waals surface area (Å²) in [6.07, 6.45) is 9.88. The van der Waals surface area contributed by atoms with E-state index in [-0.39, 0.29) is 11.9 Å². The molecule has 1 aromatic carbocycles. The number of aromatic hydroxyl groups is 1. The van der Waals surface area contributed by atoms with E-state index in [1.165, 1.54) is 38.5 Å². The summed E-state index contributed by atoms with van der Waals surface area (Å²) in [5.41, 5.74) is 2.50. The van der Waals surface area contributed by atoms with Gasteiger partial charge in [0.05, 0.1) is 12.5 Å². The van der Waals surface area contributed by atoms with Gasteiger partial charge in [0.1, 0.15) is 5.75 Å². The van der Waals surface area contributed by atoms with Crippen molar-refractivity contribution in [2.75, 3.05) is 6.61 Å². The highest BCUT2D eigenvalue weighted by Crippen LogP contribution is 2.27. The van der Waals surface area contributed by atoms with Crippen molar-refractivity contribution in [1.82, 2.24) is 0 Å². The van der Waals surface area contributed by atoms with Crippen LogP contribution in [-0.4, -0.2) is 17.7 Å². The van der Waals surface area contributed by atoms with Crippen LogP contribution in [0.3, 0.4) is 0 Å². The molecule has 0 aliphatic carbocycles. The molecule has 24 heavy (non-hydrogen) atoms. The number of phenolic OH excluding ortho intramolecular Hbond substituents is 1. The average molecular weight is 335 g/mol. The standard InChI is InChI=1S/C21H34O3/c1-5-6-7-8-9-10-11-12-13-24-21(23)18(4)19-14-16(2)20(22)17(3)15-19/h14-15,18,22H,5-13H2,1-4H3. The zero-order chi connectivity index (χ0) is 17.9. The summed E-state index contributed by atoms with van der Waals surface area (Å²) in [6, 6.07) is 3.73. The molecular weight excluding hydrogens is 300 g/mol. The van der Waals surface area contributed by atoms with Gasteiger partial charge >= 0.3 is 5.97 Å². The Morgan fingerprint density at radius 1 is 1.00 bits per heavy atom. The van der Waals surface area contributed by atoms with Gasteiger partial charge in [-0.15, -0.1) is 0 Å². The van der Waals surface area contributed by atoms with Crippen molar-refractivity contribution < 1.29 is 14.6 Å². The van der Waals surface area contributed by atoms with Crippen molar-refractivity contribution in [3.8, 4) is 5.75 Å². The van der Waals surface area contributed by atoms with Crippen LogP contribution in [-0.2, 0) is 9.53 Å². The highest BCUT2D eigenvalue weighted by atomic mass is 16.5. The number of carbonyl (C=O) groups is 1. The topological polar surface area (TPSA) is 46.5 Å². The molecule has 1 N–H and O–H groups in total. The molecule has 0 aromatic heterocycles. The lowest BCUT2D eigenvalue weighted by Crippen LogP contribution is -2.14. The third-order valence-electron chi connectivity index (χ3n) is 4.61. The van der Waals surface area contributed by atoms with Crippen molar-refractivity contribution in [3.63, 3.8) is 0 Å². The van der Waals surface area contributed by atoms with E-state index in [1.54, 1.807) is 0 Å². The summed E-state index contributed by atoms with van der Waals surface area (Å²) < 4.78 is 5.41. The lowest BCUT2D eigenvalue weighted by molar-refractivity contribution is -0.145. The molecule has 3 heteroatoms. The Kier molecular flexibility index (Phi) is 9.51. The average Bonchev–Trinajstić information content (AvgIpc) is 2.56. The number of aryl methyl sites for hydroxylation is 2. The summed E-state index contributed by atoms with van der Waals surface area (Å²) in [7, 11) is 0. The predicted octanol–water partition coefficient (Wildman–Crippen LogP) is 5.80. The Balaban J connectivity index is 2.25. The molecule has 0 amide bonds. The quantitative estimate of drug-likeness (QED) is 0.411. The maximum Gasteiger partial charge on any atom is 0.313 e. The first-order chi connectivity index (χ1) is 11.5. The van der Waals surface area contributed by atoms with Crippen LogP contribution in [0, 0.1) is 13.8 Å². The van der Waals surface area contributed by atoms with E-state index in [9.17, 15) is 9.90 Å². The van der Waals surface area contributed by atoms with E-state index in [0.717, 1.165) is 29.5 Å². The molecule has 1 atom stereocenters. The number of rotatable bonds is 11. The van der Waals surface area contributed by atoms with Crippen molar-refractivity contribution in [3.05, 3.63) is 28.8 Å². The van der Waals surface area contributed by atoms with Gasteiger partial charge in [-0.2, -0.15) is 0 Å². The van der Waals surface area contributed by atoms with Crippen LogP contribution in [0.2, 0.25) is 0 Å². The van der Waals surface area contributed by atoms with Crippen LogP contribution < -0.4 is 0 Å². The zero-order valence-corrected chi connectivity index (χ0v) is 15.9. The van der Waals surface area contributed by atoms with Crippen molar-refractivity contribution in [2.24, 2.45) is 0 Å². The number of esters is 1. The monoisotopic (exact) mass is 334 g/mol. The van der Waals surface area contributed by atoms with E-state index in [4.69, 9.17) is 4.74 Å². The lowest BCUT2D eigenvalue weighted by Gasteiger charge is -2.14. The molecule has 0 radical (unpaired) electrons. The molecule has 136 valence electrons. The molecule has 3 nitrogen and oxygen atoms in total. The Morgan fingerprint density at radius 3 is 2.04 bits per heavy atom. The molecule has 0 heterocycles. The summed E-state index contributed by atoms with van der Waals surface area (Å²) in [5, 5.41) is 9.83. The maximum absolute atomic E-state index is 12.2. The Hall–Kier alpha value is -1.51. The fourth-order valence-corrected chi connectivity index (χ4v) is 2.91. The summed E-state index contributed by atoms with van der Waals surface area (Å²) in [4.78, 5) is 12.2. The van der Waals surface area contributed by atoms with Gasteiger partial charge in [-0.1, -0.05) is 64.0 Å². The Morgan fingerprint density at radius 2 is 1.50 bits per heavy atom. The minimum atomic E-state index is -0.294. The fourth-order valence-electron chi connectivity index (χ4n) is 2.91. The Labute approximate surface area is 147 Å². The molecule has 1 aromatic rings. The van der Waals surface area contributed by atoms with Gasteiger partial charge < -0.3 is 9.84 Å². The third-order valence-corrected chi connectivity index (χ3v) is 4.61. The second-order valence-electron chi connectivity index (χ2n) is 6.87. The summed E-state index contributed by atoms with van der Waals surface area (Å²) >= 11 is 0. The van der Waals surface area contributed by atoms with Crippen LogP contribution in [0.15, 0.2) is 12.1 Å². The molecule has 0 aliphatic rings. The van der Waals surface area contributed by atoms with Crippen molar-refractivity contribution >= 4 is 5.97 Å². The summed E-state index contributed by atoms with van der Waals surface area (Å²) in [6.45, 7) is 8.31. The van der Waals surface area contributed by atoms with Gasteiger partial charge in [0.15, 0.2) is 0 Å². The largest absolute Gasteiger partial charge is 0.507 e. The second kappa shape index (κ2) is 11.1. The molecule has 1 rings (SSSR count). The van der Waals surface area contributed by atoms with Gasteiger partial charge in [-0.3, -0.25) is 4.79 Å². The van der Waals surface area contributed by atoms with Crippen LogP contribution in [0.5, 0.6) is 5.75 Å². The minimum absolute atomic E-state index is 0.178. The maximum atomic E-state index is 12.2. The SMILES string of the molecule is CCCCCCCCCCOC(=O)C(C)c1cc(C)c(O)c(C)c1. The number of carbonyl (C=O) groups excluding carboxylic acids is 1. The normalized spacial score (nSPS) is 12.2. The molecule has 1 unspecified atom stereocenters. The third kappa shape index (κ3) is 6.94. The molecular formula is C21H34O3. The van der Waals surface area contributed by atoms with Gasteiger partial charge in [-0.05, 0) is 43.9 Å². The lowest BCUT2D eigenvalue weighted by atomic mass is 9.96. The highest BCUT2D eigenvalue weighted by molar-refractivity contribution is 5.78. The van der Waals surface area contributed by atoms with Crippen LogP contribution in [0.4, 0.5) is 0 Å². The summed E-state index contributed by atoms with van der Waals surface area (Å²) in [5.74, 6) is -0.169. The molecule has 0 aliphatic heterocycles. The second-order valence-corrected chi connectivity index (χ2v) is 6.87. The molecule has 0 fully saturated rings. The number of phenols is 1. The van der Waals surface area contributed by atoms with E-state index in [2.05, 4.69) is 6.92 Å². The first kappa shape index (κ1) is 20.5. The predicted molar refractivity (Wildman–Crippen MR) is 99.6 cm³/mol. The van der Waals surface area contributed by atoms with E-state index in [1.807, 2.05) is 32.9 Å². The van der Waals surface area contributed by atoms with Crippen molar-refractivity contribution in [1.29, 1.82) is 0 Å². The molecule has 0 bridgehead atoms. The first-order valence-electron chi connectivity index (χ1n) is 9.44. The number of unbranched alkanes of at least 4 members (excludes halogenated alkanes) is 7. The van der Waals surface area contributed by atoms with Crippen LogP contribution in [0.25, 0.3) is 0 Å². The number of benzene rings is 1. The zero-order valence-electron chi connectivity index (χ0n) is 15.9. The van der Waals surface area contributed by atoms with Gasteiger partial charge in [0.2, 0.25) is 0 Å². The minimum Gasteiger partial charge on any atom is -0.507 e. The number of ether oxygens (including phenoxy) is 1. The number of hydrogen-bond acceptors (Lipinski definition) is 3. The molecule has 0 saturated heterocycles. The fraction of sp³-hybridized carbons (Fsp3) is 0.667. The van der Waals surface area contributed by atoms with Gasteiger partial charge in [0, 0.05) is 0 Å². The highest BCUT2D eigenvalue weighted by Gasteiger charge is 2.18. The molecule has 0 spiro atoms. The van der Waals surface area contributed by atoms with E-state index >= 15 is 0 Å². The Bertz CT molecular complexity index is 485. The number of hydrogen-bond donors (Lipinski definition) is 1. The van der Waals surface area contributed by atoms with Gasteiger partial charge in [0.25, 0.3) is 0 Å². The molecule has 0 saturated carbocycles. The van der Waals surface area contributed by atoms with Crippen molar-refractivity contribution in [2.45, 2.75) is 85.0 Å².